The molecule has 1 fully saturated rings. The molecule has 1 saturated heterocycles. The molecule has 0 spiro atoms. The van der Waals surface area contributed by atoms with Crippen LogP contribution in [0.2, 0.25) is 0 Å². The predicted octanol–water partition coefficient (Wildman–Crippen LogP) is 2.89. The smallest absolute Gasteiger partial charge is 0.225 e. The van der Waals surface area contributed by atoms with Crippen molar-refractivity contribution in [3.63, 3.8) is 0 Å². The molecule has 0 unspecified atom stereocenters. The van der Waals surface area contributed by atoms with Crippen LogP contribution in [0, 0.1) is 0 Å². The molecule has 2 aliphatic heterocycles. The molecule has 0 aliphatic carbocycles. The van der Waals surface area contributed by atoms with Crippen LogP contribution < -0.4 is 15.0 Å². The first kappa shape index (κ1) is 20.6. The number of ether oxygens (including phenoxy) is 1. The largest absolute Gasteiger partial charge is 0.478 e. The van der Waals surface area contributed by atoms with Gasteiger partial charge in [-0.05, 0) is 49.6 Å². The summed E-state index contributed by atoms with van der Waals surface area (Å²) in [5.74, 6) is 2.24. The van der Waals surface area contributed by atoms with Crippen LogP contribution in [0.25, 0.3) is 10.9 Å². The van der Waals surface area contributed by atoms with E-state index in [2.05, 4.69) is 36.1 Å². The van der Waals surface area contributed by atoms with Gasteiger partial charge in [0.25, 0.3) is 0 Å². The summed E-state index contributed by atoms with van der Waals surface area (Å²) in [5.41, 5.74) is 2.06. The zero-order chi connectivity index (χ0) is 21.8. The lowest BCUT2D eigenvalue weighted by Gasteiger charge is -2.35. The third-order valence-corrected chi connectivity index (χ3v) is 6.12. The number of hydrogen-bond donors (Lipinski definition) is 1. The second-order valence-corrected chi connectivity index (χ2v) is 8.30. The van der Waals surface area contributed by atoms with Crippen LogP contribution in [0.15, 0.2) is 42.7 Å². The molecule has 5 heterocycles. The van der Waals surface area contributed by atoms with Crippen LogP contribution in [-0.4, -0.2) is 65.1 Å². The van der Waals surface area contributed by atoms with Crippen molar-refractivity contribution in [2.45, 2.75) is 25.7 Å². The zero-order valence-corrected chi connectivity index (χ0v) is 18.2. The van der Waals surface area contributed by atoms with E-state index in [1.165, 1.54) is 0 Å². The Morgan fingerprint density at radius 1 is 0.969 bits per heavy atom. The number of nitrogens with one attached hydrogen (secondary N) is 1. The van der Waals surface area contributed by atoms with E-state index < -0.39 is 0 Å². The molecule has 32 heavy (non-hydrogen) atoms. The van der Waals surface area contributed by atoms with Gasteiger partial charge in [0.15, 0.2) is 5.82 Å². The monoisotopic (exact) mass is 432 g/mol. The quantitative estimate of drug-likeness (QED) is 0.575. The van der Waals surface area contributed by atoms with E-state index in [1.54, 1.807) is 0 Å². The van der Waals surface area contributed by atoms with Crippen molar-refractivity contribution in [3.8, 4) is 5.88 Å². The molecule has 8 heteroatoms. The number of hydrogen-bond acceptors (Lipinski definition) is 7. The van der Waals surface area contributed by atoms with Gasteiger partial charge in [-0.25, -0.2) is 4.98 Å². The lowest BCUT2D eigenvalue weighted by Crippen LogP contribution is -2.47. The van der Waals surface area contributed by atoms with Crippen LogP contribution in [0.3, 0.4) is 0 Å². The minimum Gasteiger partial charge on any atom is -0.478 e. The summed E-state index contributed by atoms with van der Waals surface area (Å²) in [6.07, 6.45) is 7.03. The maximum absolute atomic E-state index is 11.5. The molecule has 5 rings (SSSR count). The number of anilines is 2. The van der Waals surface area contributed by atoms with Gasteiger partial charge in [-0.3, -0.25) is 14.7 Å². The number of amides is 1. The molecule has 3 aromatic heterocycles. The molecular formula is C24H28N6O2. The number of piperazine rings is 1. The topological polar surface area (TPSA) is 83.5 Å². The molecule has 8 nitrogen and oxygen atoms in total. The maximum atomic E-state index is 11.5. The number of carbonyl (C=O) groups is 1. The Morgan fingerprint density at radius 3 is 2.78 bits per heavy atom. The average molecular weight is 433 g/mol. The molecule has 2 aliphatic rings. The highest BCUT2D eigenvalue weighted by molar-refractivity contribution is 5.92. The van der Waals surface area contributed by atoms with Gasteiger partial charge in [-0.1, -0.05) is 6.07 Å². The molecule has 3 aromatic rings. The van der Waals surface area contributed by atoms with Crippen molar-refractivity contribution >= 4 is 28.4 Å². The molecule has 0 bridgehead atoms. The number of nitrogens with zero attached hydrogens (tertiary/aromatic N) is 5. The number of carbonyl (C=O) groups excluding carboxylic acids is 1. The van der Waals surface area contributed by atoms with Crippen molar-refractivity contribution in [1.82, 2.24) is 19.9 Å². The minimum absolute atomic E-state index is 0.0229. The Kier molecular flexibility index (Phi) is 6.11. The summed E-state index contributed by atoms with van der Waals surface area (Å²) >= 11 is 0. The molecule has 0 atom stereocenters. The van der Waals surface area contributed by atoms with Crippen molar-refractivity contribution in [3.05, 3.63) is 48.3 Å². The number of pyridine rings is 3. The summed E-state index contributed by atoms with van der Waals surface area (Å²) in [4.78, 5) is 30.0. The second-order valence-electron chi connectivity index (χ2n) is 8.30. The van der Waals surface area contributed by atoms with Gasteiger partial charge in [-0.2, -0.15) is 4.98 Å². The van der Waals surface area contributed by atoms with Crippen molar-refractivity contribution in [2.24, 2.45) is 0 Å². The highest BCUT2D eigenvalue weighted by Crippen LogP contribution is 2.24. The third kappa shape index (κ3) is 4.65. The number of aryl methyl sites for hydroxylation is 1. The van der Waals surface area contributed by atoms with Crippen molar-refractivity contribution < 1.29 is 9.53 Å². The van der Waals surface area contributed by atoms with E-state index in [0.717, 1.165) is 74.3 Å². The van der Waals surface area contributed by atoms with Crippen LogP contribution in [0.4, 0.5) is 11.6 Å². The van der Waals surface area contributed by atoms with E-state index in [0.29, 0.717) is 24.7 Å². The fourth-order valence-corrected chi connectivity index (χ4v) is 4.32. The van der Waals surface area contributed by atoms with Gasteiger partial charge < -0.3 is 15.0 Å². The van der Waals surface area contributed by atoms with Crippen LogP contribution >= 0.6 is 0 Å². The van der Waals surface area contributed by atoms with Crippen molar-refractivity contribution in [2.75, 3.05) is 49.5 Å². The van der Waals surface area contributed by atoms with Gasteiger partial charge >= 0.3 is 0 Å². The van der Waals surface area contributed by atoms with E-state index in [4.69, 9.17) is 4.74 Å². The predicted molar refractivity (Wildman–Crippen MR) is 124 cm³/mol. The highest BCUT2D eigenvalue weighted by Gasteiger charge is 2.20. The fraction of sp³-hybridized carbons (Fsp3) is 0.417. The summed E-state index contributed by atoms with van der Waals surface area (Å²) in [6.45, 7) is 5.67. The van der Waals surface area contributed by atoms with Gasteiger partial charge in [-0.15, -0.1) is 0 Å². The maximum Gasteiger partial charge on any atom is 0.225 e. The Morgan fingerprint density at radius 2 is 1.88 bits per heavy atom. The molecule has 1 N–H and O–H groups in total. The van der Waals surface area contributed by atoms with Crippen LogP contribution in [0.5, 0.6) is 5.88 Å². The first-order valence-electron chi connectivity index (χ1n) is 11.4. The van der Waals surface area contributed by atoms with Crippen LogP contribution in [0.1, 0.15) is 24.8 Å². The number of fused-ring (bicyclic) bond motifs is 2. The summed E-state index contributed by atoms with van der Waals surface area (Å²) in [6, 6.07) is 9.96. The van der Waals surface area contributed by atoms with Gasteiger partial charge in [0.2, 0.25) is 11.8 Å². The molecule has 0 radical (unpaired) electrons. The number of aromatic nitrogens is 3. The van der Waals surface area contributed by atoms with E-state index in [9.17, 15) is 4.79 Å². The Labute approximate surface area is 187 Å². The van der Waals surface area contributed by atoms with E-state index >= 15 is 0 Å². The zero-order valence-electron chi connectivity index (χ0n) is 18.2. The lowest BCUT2D eigenvalue weighted by molar-refractivity contribution is -0.116. The minimum atomic E-state index is 0.0229. The molecule has 0 saturated carbocycles. The highest BCUT2D eigenvalue weighted by atomic mass is 16.5. The fourth-order valence-electron chi connectivity index (χ4n) is 4.32. The van der Waals surface area contributed by atoms with Crippen LogP contribution in [-0.2, 0) is 11.2 Å². The van der Waals surface area contributed by atoms with Gasteiger partial charge in [0.1, 0.15) is 11.3 Å². The SMILES string of the molecule is O=C1CCc2ccc(OCCCCN3CCN(c4nccc5cccnc45)CC3)nc2N1. The third-order valence-electron chi connectivity index (χ3n) is 6.12. The lowest BCUT2D eigenvalue weighted by atomic mass is 10.1. The first-order chi connectivity index (χ1) is 15.8. The molecule has 166 valence electrons. The second kappa shape index (κ2) is 9.48. The first-order valence-corrected chi connectivity index (χ1v) is 11.4. The normalized spacial score (nSPS) is 16.6. The number of rotatable bonds is 7. The Balaban J connectivity index is 1.04. The molecule has 1 amide bonds. The van der Waals surface area contributed by atoms with E-state index in [1.807, 2.05) is 36.7 Å². The summed E-state index contributed by atoms with van der Waals surface area (Å²) < 4.78 is 5.81. The standard InChI is InChI=1S/C24H28N6O2/c31-20-7-5-19-6-8-21(28-23(19)27-20)32-17-2-1-12-29-13-15-30(16-14-29)24-22-18(9-11-26-24)4-3-10-25-22/h3-4,6,8-11H,1-2,5,7,12-17H2,(H,27,28,31). The summed E-state index contributed by atoms with van der Waals surface area (Å²) in [5, 5.41) is 3.96. The van der Waals surface area contributed by atoms with E-state index in [-0.39, 0.29) is 5.91 Å². The molecular weight excluding hydrogens is 404 g/mol. The van der Waals surface area contributed by atoms with Gasteiger partial charge in [0, 0.05) is 56.4 Å². The Bertz CT molecular complexity index is 1090. The molecule has 0 aromatic carbocycles. The average Bonchev–Trinajstić information content (AvgIpc) is 2.83. The Hall–Kier alpha value is -3.26. The van der Waals surface area contributed by atoms with Crippen molar-refractivity contribution in [1.29, 1.82) is 0 Å². The number of unbranched alkanes of at least 4 members (excludes halogenated alkanes) is 1. The van der Waals surface area contributed by atoms with Gasteiger partial charge in [0.05, 0.1) is 6.61 Å². The summed E-state index contributed by atoms with van der Waals surface area (Å²) in [7, 11) is 0.